The van der Waals surface area contributed by atoms with Crippen LogP contribution in [0.15, 0.2) is 54.6 Å². The molecule has 1 amide bonds. The third kappa shape index (κ3) is 6.01. The van der Waals surface area contributed by atoms with Gasteiger partial charge in [-0.1, -0.05) is 30.3 Å². The number of nitro benzene ring substituents is 1. The van der Waals surface area contributed by atoms with E-state index in [0.29, 0.717) is 18.4 Å². The molecule has 1 saturated heterocycles. The van der Waals surface area contributed by atoms with Crippen LogP contribution in [-0.2, 0) is 32.1 Å². The van der Waals surface area contributed by atoms with E-state index < -0.39 is 27.2 Å². The second kappa shape index (κ2) is 9.23. The quantitative estimate of drug-likeness (QED) is 0.374. The van der Waals surface area contributed by atoms with Gasteiger partial charge in [0.1, 0.15) is 6.61 Å². The number of benzene rings is 2. The van der Waals surface area contributed by atoms with Crippen molar-refractivity contribution in [3.05, 3.63) is 75.8 Å². The molecule has 0 saturated carbocycles. The Morgan fingerprint density at radius 2 is 1.80 bits per heavy atom. The molecule has 3 rings (SSSR count). The summed E-state index contributed by atoms with van der Waals surface area (Å²) in [5.41, 5.74) is 1.57. The Bertz CT molecular complexity index is 994. The largest absolute Gasteiger partial charge is 0.445 e. The van der Waals surface area contributed by atoms with Crippen LogP contribution in [0.2, 0.25) is 0 Å². The van der Waals surface area contributed by atoms with E-state index in [1.807, 2.05) is 30.3 Å². The zero-order valence-electron chi connectivity index (χ0n) is 16.3. The lowest BCUT2D eigenvalue weighted by Gasteiger charge is -2.24. The third-order valence-electron chi connectivity index (χ3n) is 4.75. The van der Waals surface area contributed by atoms with Crippen LogP contribution in [-0.4, -0.2) is 49.3 Å². The molecule has 9 nitrogen and oxygen atoms in total. The summed E-state index contributed by atoms with van der Waals surface area (Å²) in [7, 11) is -3.65. The molecule has 0 radical (unpaired) electrons. The van der Waals surface area contributed by atoms with Gasteiger partial charge in [0.2, 0.25) is 0 Å². The van der Waals surface area contributed by atoms with E-state index in [9.17, 15) is 23.3 Å². The molecule has 0 N–H and O–H groups in total. The van der Waals surface area contributed by atoms with Crippen molar-refractivity contribution in [3.8, 4) is 0 Å². The van der Waals surface area contributed by atoms with Crippen molar-refractivity contribution in [2.45, 2.75) is 31.6 Å². The van der Waals surface area contributed by atoms with Gasteiger partial charge in [-0.25, -0.2) is 4.79 Å². The Balaban J connectivity index is 1.67. The number of carbonyl (C=O) groups is 1. The lowest BCUT2D eigenvalue weighted by Crippen LogP contribution is -2.37. The standard InChI is InChI=1S/C20H22N2O7S/c1-30(26,27)29-19-12-18(11-15-5-3-2-4-6-15)21(13-19)20(23)28-14-16-7-9-17(10-8-16)22(24)25/h2-10,18-19H,11-14H2,1H3/t18-,19-/m1/s1. The summed E-state index contributed by atoms with van der Waals surface area (Å²) in [6.07, 6.45) is 0.662. The summed E-state index contributed by atoms with van der Waals surface area (Å²) < 4.78 is 33.5. The van der Waals surface area contributed by atoms with Crippen LogP contribution >= 0.6 is 0 Å². The molecular weight excluding hydrogens is 412 g/mol. The van der Waals surface area contributed by atoms with Gasteiger partial charge in [-0.05, 0) is 36.1 Å². The first kappa shape index (κ1) is 21.7. The van der Waals surface area contributed by atoms with E-state index >= 15 is 0 Å². The second-order valence-electron chi connectivity index (χ2n) is 7.13. The SMILES string of the molecule is CS(=O)(=O)O[C@@H]1C[C@@H](Cc2ccccc2)N(C(=O)OCc2ccc([N+](=O)[O-])cc2)C1. The zero-order valence-corrected chi connectivity index (χ0v) is 17.2. The van der Waals surface area contributed by atoms with Gasteiger partial charge in [-0.3, -0.25) is 14.3 Å². The first-order chi connectivity index (χ1) is 14.2. The number of nitro groups is 1. The Hall–Kier alpha value is -2.98. The number of carbonyl (C=O) groups excluding carboxylic acids is 1. The smallest absolute Gasteiger partial charge is 0.410 e. The van der Waals surface area contributed by atoms with Gasteiger partial charge >= 0.3 is 6.09 Å². The number of amides is 1. The molecule has 10 heteroatoms. The highest BCUT2D eigenvalue weighted by atomic mass is 32.2. The topological polar surface area (TPSA) is 116 Å². The summed E-state index contributed by atoms with van der Waals surface area (Å²) in [5, 5.41) is 10.7. The van der Waals surface area contributed by atoms with Crippen LogP contribution in [0, 0.1) is 10.1 Å². The summed E-state index contributed by atoms with van der Waals surface area (Å²) in [4.78, 5) is 24.4. The second-order valence-corrected chi connectivity index (χ2v) is 8.73. The number of likely N-dealkylation sites (tertiary alicyclic amines) is 1. The van der Waals surface area contributed by atoms with Crippen molar-refractivity contribution in [2.75, 3.05) is 12.8 Å². The van der Waals surface area contributed by atoms with Gasteiger partial charge in [0.15, 0.2) is 0 Å². The fraction of sp³-hybridized carbons (Fsp3) is 0.350. The number of ether oxygens (including phenoxy) is 1. The molecule has 2 atom stereocenters. The van der Waals surface area contributed by atoms with Crippen molar-refractivity contribution in [1.82, 2.24) is 4.90 Å². The summed E-state index contributed by atoms with van der Waals surface area (Å²) in [6, 6.07) is 15.0. The molecule has 0 spiro atoms. The van der Waals surface area contributed by atoms with Crippen LogP contribution in [0.3, 0.4) is 0 Å². The summed E-state index contributed by atoms with van der Waals surface area (Å²) in [6.45, 7) is 0.0483. The number of hydrogen-bond acceptors (Lipinski definition) is 7. The lowest BCUT2D eigenvalue weighted by atomic mass is 10.0. The summed E-state index contributed by atoms with van der Waals surface area (Å²) in [5.74, 6) is 0. The number of hydrogen-bond donors (Lipinski definition) is 0. The van der Waals surface area contributed by atoms with Crippen LogP contribution in [0.4, 0.5) is 10.5 Å². The number of rotatable bonds is 7. The molecule has 160 valence electrons. The molecule has 2 aromatic rings. The third-order valence-corrected chi connectivity index (χ3v) is 5.37. The predicted octanol–water partition coefficient (Wildman–Crippen LogP) is 2.89. The number of nitrogens with zero attached hydrogens (tertiary/aromatic N) is 2. The molecule has 0 unspecified atom stereocenters. The summed E-state index contributed by atoms with van der Waals surface area (Å²) >= 11 is 0. The fourth-order valence-electron chi connectivity index (χ4n) is 3.44. The van der Waals surface area contributed by atoms with E-state index in [0.717, 1.165) is 11.8 Å². The Morgan fingerprint density at radius 3 is 2.40 bits per heavy atom. The molecule has 0 aliphatic carbocycles. The average Bonchev–Trinajstić information content (AvgIpc) is 3.07. The molecule has 30 heavy (non-hydrogen) atoms. The predicted molar refractivity (Wildman–Crippen MR) is 108 cm³/mol. The molecule has 0 bridgehead atoms. The maximum absolute atomic E-state index is 12.7. The van der Waals surface area contributed by atoms with E-state index in [2.05, 4.69) is 0 Å². The molecule has 1 aliphatic rings. The minimum Gasteiger partial charge on any atom is -0.445 e. The van der Waals surface area contributed by atoms with Crippen LogP contribution < -0.4 is 0 Å². The van der Waals surface area contributed by atoms with Crippen molar-refractivity contribution in [2.24, 2.45) is 0 Å². The van der Waals surface area contributed by atoms with Crippen molar-refractivity contribution in [3.63, 3.8) is 0 Å². The molecule has 2 aromatic carbocycles. The highest BCUT2D eigenvalue weighted by Gasteiger charge is 2.38. The maximum atomic E-state index is 12.7. The van der Waals surface area contributed by atoms with Gasteiger partial charge in [0, 0.05) is 18.2 Å². The Labute approximate surface area is 174 Å². The van der Waals surface area contributed by atoms with E-state index in [-0.39, 0.29) is 24.9 Å². The first-order valence-corrected chi connectivity index (χ1v) is 11.1. The van der Waals surface area contributed by atoms with Crippen LogP contribution in [0.5, 0.6) is 0 Å². The highest BCUT2D eigenvalue weighted by Crippen LogP contribution is 2.26. The molecule has 1 fully saturated rings. The first-order valence-electron chi connectivity index (χ1n) is 9.30. The van der Waals surface area contributed by atoms with E-state index in [1.54, 1.807) is 0 Å². The maximum Gasteiger partial charge on any atom is 0.410 e. The molecular formula is C20H22N2O7S. The van der Waals surface area contributed by atoms with Crippen molar-refractivity contribution in [1.29, 1.82) is 0 Å². The van der Waals surface area contributed by atoms with Gasteiger partial charge in [0.05, 0.1) is 23.8 Å². The van der Waals surface area contributed by atoms with Crippen molar-refractivity contribution >= 4 is 21.9 Å². The van der Waals surface area contributed by atoms with Crippen LogP contribution in [0.25, 0.3) is 0 Å². The van der Waals surface area contributed by atoms with Gasteiger partial charge in [0.25, 0.3) is 15.8 Å². The van der Waals surface area contributed by atoms with E-state index in [4.69, 9.17) is 8.92 Å². The molecule has 1 heterocycles. The number of non-ortho nitro benzene ring substituents is 1. The van der Waals surface area contributed by atoms with Crippen molar-refractivity contribution < 1.29 is 27.1 Å². The lowest BCUT2D eigenvalue weighted by molar-refractivity contribution is -0.384. The van der Waals surface area contributed by atoms with Gasteiger partial charge < -0.3 is 9.64 Å². The zero-order chi connectivity index (χ0) is 21.7. The fourth-order valence-corrected chi connectivity index (χ4v) is 4.07. The minimum absolute atomic E-state index is 0.0479. The Kier molecular flexibility index (Phi) is 6.68. The highest BCUT2D eigenvalue weighted by molar-refractivity contribution is 7.86. The van der Waals surface area contributed by atoms with Crippen LogP contribution in [0.1, 0.15) is 17.5 Å². The average molecular weight is 434 g/mol. The minimum atomic E-state index is -3.65. The monoisotopic (exact) mass is 434 g/mol. The molecule has 1 aliphatic heterocycles. The van der Waals surface area contributed by atoms with Gasteiger partial charge in [-0.2, -0.15) is 8.42 Å². The van der Waals surface area contributed by atoms with E-state index in [1.165, 1.54) is 29.2 Å². The molecule has 0 aromatic heterocycles. The normalized spacial score (nSPS) is 18.9. The van der Waals surface area contributed by atoms with Gasteiger partial charge in [-0.15, -0.1) is 0 Å². The Morgan fingerprint density at radius 1 is 1.13 bits per heavy atom.